The van der Waals surface area contributed by atoms with Crippen LogP contribution in [0.3, 0.4) is 0 Å². The fourth-order valence-corrected chi connectivity index (χ4v) is 3.04. The molecule has 0 aliphatic carbocycles. The highest BCUT2D eigenvalue weighted by Gasteiger charge is 2.21. The number of hydrogen-bond donors (Lipinski definition) is 2. The highest BCUT2D eigenvalue weighted by molar-refractivity contribution is 6.31. The average Bonchev–Trinajstić information content (AvgIpc) is 3.28. The third-order valence-corrected chi connectivity index (χ3v) is 4.82. The molecule has 0 bridgehead atoms. The lowest BCUT2D eigenvalue weighted by molar-refractivity contribution is 0.102. The number of halogens is 1. The molecule has 0 atom stereocenters. The summed E-state index contributed by atoms with van der Waals surface area (Å²) >= 11 is 6.13. The molecule has 7 nitrogen and oxygen atoms in total. The van der Waals surface area contributed by atoms with E-state index in [-0.39, 0.29) is 12.7 Å². The Morgan fingerprint density at radius 2 is 1.96 bits per heavy atom. The van der Waals surface area contributed by atoms with Crippen molar-refractivity contribution in [2.75, 3.05) is 17.4 Å². The highest BCUT2D eigenvalue weighted by Crippen LogP contribution is 2.33. The molecule has 1 aromatic heterocycles. The molecule has 0 radical (unpaired) electrons. The van der Waals surface area contributed by atoms with Gasteiger partial charge in [-0.05, 0) is 49.2 Å². The van der Waals surface area contributed by atoms with E-state index in [4.69, 9.17) is 25.6 Å². The van der Waals surface area contributed by atoms with Gasteiger partial charge in [-0.25, -0.2) is 0 Å². The molecule has 0 saturated heterocycles. The molecule has 0 fully saturated rings. The highest BCUT2D eigenvalue weighted by atomic mass is 35.5. The zero-order valence-electron chi connectivity index (χ0n) is 15.3. The first-order valence-electron chi connectivity index (χ1n) is 8.67. The Morgan fingerprint density at radius 1 is 1.14 bits per heavy atom. The predicted octanol–water partition coefficient (Wildman–Crippen LogP) is 4.54. The van der Waals surface area contributed by atoms with Crippen molar-refractivity contribution in [3.05, 3.63) is 63.8 Å². The summed E-state index contributed by atoms with van der Waals surface area (Å²) in [5.74, 6) is 1.39. The van der Waals surface area contributed by atoms with Crippen LogP contribution in [0, 0.1) is 13.8 Å². The second-order valence-electron chi connectivity index (χ2n) is 6.43. The van der Waals surface area contributed by atoms with Gasteiger partial charge in [0, 0.05) is 17.3 Å². The molecular formula is C20H18ClN3O4. The number of aryl methyl sites for hydroxylation is 2. The molecule has 2 aromatic carbocycles. The second kappa shape index (κ2) is 7.44. The maximum absolute atomic E-state index is 12.7. The lowest BCUT2D eigenvalue weighted by Crippen LogP contribution is -2.15. The van der Waals surface area contributed by atoms with Crippen molar-refractivity contribution in [3.63, 3.8) is 0 Å². The van der Waals surface area contributed by atoms with Gasteiger partial charge in [-0.1, -0.05) is 28.9 Å². The van der Waals surface area contributed by atoms with Gasteiger partial charge in [0.1, 0.15) is 5.56 Å². The smallest absolute Gasteiger partial charge is 0.263 e. The standard InChI is InChI=1S/C20H18ClN3O4/c1-11-3-5-14(8-15(11)21)23-19(25)18-12(2)24-28-20(18)22-9-13-4-6-16-17(7-13)27-10-26-16/h3-8,22H,9-10H2,1-2H3,(H,23,25). The third kappa shape index (κ3) is 3.61. The van der Waals surface area contributed by atoms with E-state index < -0.39 is 0 Å². The minimum absolute atomic E-state index is 0.223. The van der Waals surface area contributed by atoms with Crippen LogP contribution in [0.5, 0.6) is 11.5 Å². The zero-order valence-corrected chi connectivity index (χ0v) is 16.1. The van der Waals surface area contributed by atoms with E-state index >= 15 is 0 Å². The number of hydrogen-bond acceptors (Lipinski definition) is 6. The number of nitrogens with one attached hydrogen (secondary N) is 2. The number of fused-ring (bicyclic) bond motifs is 1. The van der Waals surface area contributed by atoms with Crippen molar-refractivity contribution in [3.8, 4) is 11.5 Å². The summed E-state index contributed by atoms with van der Waals surface area (Å²) < 4.78 is 16.0. The van der Waals surface area contributed by atoms with Crippen molar-refractivity contribution < 1.29 is 18.8 Å². The number of carbonyl (C=O) groups excluding carboxylic acids is 1. The number of anilines is 2. The van der Waals surface area contributed by atoms with Gasteiger partial charge in [0.25, 0.3) is 5.91 Å². The monoisotopic (exact) mass is 399 g/mol. The van der Waals surface area contributed by atoms with Crippen LogP contribution in [0.1, 0.15) is 27.2 Å². The Hall–Kier alpha value is -3.19. The lowest BCUT2D eigenvalue weighted by Gasteiger charge is -2.09. The van der Waals surface area contributed by atoms with Gasteiger partial charge in [-0.3, -0.25) is 4.79 Å². The summed E-state index contributed by atoms with van der Waals surface area (Å²) in [6.07, 6.45) is 0. The van der Waals surface area contributed by atoms with E-state index in [1.165, 1.54) is 0 Å². The van der Waals surface area contributed by atoms with E-state index in [0.717, 1.165) is 16.9 Å². The molecule has 1 aliphatic rings. The molecule has 4 rings (SSSR count). The Balaban J connectivity index is 1.49. The summed E-state index contributed by atoms with van der Waals surface area (Å²) in [7, 11) is 0. The van der Waals surface area contributed by atoms with Crippen LogP contribution in [0.15, 0.2) is 40.9 Å². The number of benzene rings is 2. The first kappa shape index (κ1) is 18.2. The molecule has 1 aliphatic heterocycles. The average molecular weight is 400 g/mol. The van der Waals surface area contributed by atoms with E-state index in [2.05, 4.69) is 15.8 Å². The second-order valence-corrected chi connectivity index (χ2v) is 6.84. The van der Waals surface area contributed by atoms with Crippen molar-refractivity contribution >= 4 is 29.1 Å². The van der Waals surface area contributed by atoms with Crippen molar-refractivity contribution in [2.45, 2.75) is 20.4 Å². The van der Waals surface area contributed by atoms with Gasteiger partial charge in [0.15, 0.2) is 11.5 Å². The Morgan fingerprint density at radius 3 is 2.79 bits per heavy atom. The minimum atomic E-state index is -0.327. The molecule has 144 valence electrons. The van der Waals surface area contributed by atoms with Crippen LogP contribution >= 0.6 is 11.6 Å². The van der Waals surface area contributed by atoms with Gasteiger partial charge in [0.2, 0.25) is 12.7 Å². The first-order chi connectivity index (χ1) is 13.5. The van der Waals surface area contributed by atoms with Gasteiger partial charge < -0.3 is 24.6 Å². The minimum Gasteiger partial charge on any atom is -0.454 e. The van der Waals surface area contributed by atoms with Crippen LogP contribution in [-0.2, 0) is 6.54 Å². The molecule has 2 N–H and O–H groups in total. The van der Waals surface area contributed by atoms with Crippen LogP contribution in [-0.4, -0.2) is 17.9 Å². The zero-order chi connectivity index (χ0) is 19.7. The molecular weight excluding hydrogens is 382 g/mol. The molecule has 2 heterocycles. The summed E-state index contributed by atoms with van der Waals surface area (Å²) in [6.45, 7) is 4.27. The summed E-state index contributed by atoms with van der Waals surface area (Å²) in [6, 6.07) is 11.0. The van der Waals surface area contributed by atoms with E-state index in [9.17, 15) is 4.79 Å². The largest absolute Gasteiger partial charge is 0.454 e. The Kier molecular flexibility index (Phi) is 4.83. The molecule has 3 aromatic rings. The van der Waals surface area contributed by atoms with E-state index in [0.29, 0.717) is 40.1 Å². The lowest BCUT2D eigenvalue weighted by atomic mass is 10.2. The molecule has 28 heavy (non-hydrogen) atoms. The van der Waals surface area contributed by atoms with Crippen LogP contribution < -0.4 is 20.1 Å². The fourth-order valence-electron chi connectivity index (χ4n) is 2.86. The normalized spacial score (nSPS) is 12.1. The van der Waals surface area contributed by atoms with Crippen LogP contribution in [0.4, 0.5) is 11.6 Å². The first-order valence-corrected chi connectivity index (χ1v) is 9.05. The number of aromatic nitrogens is 1. The molecule has 0 unspecified atom stereocenters. The number of rotatable bonds is 5. The predicted molar refractivity (Wildman–Crippen MR) is 105 cm³/mol. The van der Waals surface area contributed by atoms with Crippen molar-refractivity contribution in [1.82, 2.24) is 5.16 Å². The summed E-state index contributed by atoms with van der Waals surface area (Å²) in [5, 5.41) is 10.4. The topological polar surface area (TPSA) is 85.6 Å². The Labute approximate surface area is 166 Å². The number of ether oxygens (including phenoxy) is 2. The van der Waals surface area contributed by atoms with Gasteiger partial charge in [-0.15, -0.1) is 0 Å². The SMILES string of the molecule is Cc1ccc(NC(=O)c2c(C)noc2NCc2ccc3c(c2)OCO3)cc1Cl. The van der Waals surface area contributed by atoms with Crippen LogP contribution in [0.25, 0.3) is 0 Å². The van der Waals surface area contributed by atoms with Gasteiger partial charge >= 0.3 is 0 Å². The fraction of sp³-hybridized carbons (Fsp3) is 0.200. The molecule has 8 heteroatoms. The van der Waals surface area contributed by atoms with Crippen molar-refractivity contribution in [1.29, 1.82) is 0 Å². The third-order valence-electron chi connectivity index (χ3n) is 4.41. The van der Waals surface area contributed by atoms with Crippen molar-refractivity contribution in [2.24, 2.45) is 0 Å². The number of amides is 1. The van der Waals surface area contributed by atoms with E-state index in [1.54, 1.807) is 19.1 Å². The quantitative estimate of drug-likeness (QED) is 0.655. The summed E-state index contributed by atoms with van der Waals surface area (Å²) in [5.41, 5.74) is 3.33. The molecule has 0 saturated carbocycles. The molecule has 0 spiro atoms. The maximum Gasteiger partial charge on any atom is 0.263 e. The summed E-state index contributed by atoms with van der Waals surface area (Å²) in [4.78, 5) is 12.7. The van der Waals surface area contributed by atoms with Gasteiger partial charge in [-0.2, -0.15) is 0 Å². The van der Waals surface area contributed by atoms with Crippen LogP contribution in [0.2, 0.25) is 5.02 Å². The number of carbonyl (C=O) groups is 1. The van der Waals surface area contributed by atoms with E-state index in [1.807, 2.05) is 31.2 Å². The Bertz CT molecular complexity index is 1050. The maximum atomic E-state index is 12.7. The number of nitrogens with zero attached hydrogens (tertiary/aromatic N) is 1. The van der Waals surface area contributed by atoms with Gasteiger partial charge in [0.05, 0.1) is 5.69 Å². The molecule has 1 amide bonds.